The molecule has 0 spiro atoms. The summed E-state index contributed by atoms with van der Waals surface area (Å²) in [6, 6.07) is 16.9. The van der Waals surface area contributed by atoms with Gasteiger partial charge in [-0.25, -0.2) is 0 Å². The van der Waals surface area contributed by atoms with Gasteiger partial charge in [-0.1, -0.05) is 43.3 Å². The Morgan fingerprint density at radius 2 is 1.78 bits per heavy atom. The van der Waals surface area contributed by atoms with Crippen molar-refractivity contribution in [1.29, 1.82) is 0 Å². The van der Waals surface area contributed by atoms with Gasteiger partial charge in [-0.3, -0.25) is 9.59 Å². The molecular formula is C19H22N2O2. The Bertz CT molecular complexity index is 668. The number of amides is 2. The highest BCUT2D eigenvalue weighted by Gasteiger charge is 2.12. The summed E-state index contributed by atoms with van der Waals surface area (Å²) in [4.78, 5) is 24.0. The Labute approximate surface area is 136 Å². The van der Waals surface area contributed by atoms with Crippen LogP contribution in [0.5, 0.6) is 0 Å². The van der Waals surface area contributed by atoms with Gasteiger partial charge in [-0.2, -0.15) is 0 Å². The Balaban J connectivity index is 1.97. The molecule has 2 rings (SSSR count). The van der Waals surface area contributed by atoms with Gasteiger partial charge in [0.15, 0.2) is 0 Å². The number of anilines is 1. The van der Waals surface area contributed by atoms with Crippen molar-refractivity contribution in [3.8, 4) is 0 Å². The maximum atomic E-state index is 12.2. The predicted molar refractivity (Wildman–Crippen MR) is 92.6 cm³/mol. The highest BCUT2D eigenvalue weighted by atomic mass is 16.2. The number of carbonyl (C=O) groups is 2. The first-order chi connectivity index (χ1) is 11.1. The monoisotopic (exact) mass is 310 g/mol. The lowest BCUT2D eigenvalue weighted by Gasteiger charge is -2.12. The fourth-order valence-corrected chi connectivity index (χ4v) is 2.39. The summed E-state index contributed by atoms with van der Waals surface area (Å²) in [5, 5.41) is 5.61. The molecule has 0 aliphatic carbocycles. The van der Waals surface area contributed by atoms with Crippen molar-refractivity contribution in [3.05, 3.63) is 65.7 Å². The first-order valence-corrected chi connectivity index (χ1v) is 7.83. The van der Waals surface area contributed by atoms with Crippen LogP contribution in [0, 0.1) is 0 Å². The highest BCUT2D eigenvalue weighted by Crippen LogP contribution is 2.19. The van der Waals surface area contributed by atoms with E-state index in [4.69, 9.17) is 0 Å². The topological polar surface area (TPSA) is 58.2 Å². The molecule has 1 atom stereocenters. The number of carbonyl (C=O) groups excluding carboxylic acids is 2. The average molecular weight is 310 g/mol. The van der Waals surface area contributed by atoms with Gasteiger partial charge in [-0.05, 0) is 36.6 Å². The van der Waals surface area contributed by atoms with Crippen LogP contribution in [0.15, 0.2) is 54.6 Å². The van der Waals surface area contributed by atoms with Crippen LogP contribution >= 0.6 is 0 Å². The minimum Gasteiger partial charge on any atom is -0.352 e. The molecule has 0 radical (unpaired) electrons. The summed E-state index contributed by atoms with van der Waals surface area (Å²) in [6.07, 6.45) is 0.398. The van der Waals surface area contributed by atoms with E-state index in [1.165, 1.54) is 0 Å². The zero-order chi connectivity index (χ0) is 16.7. The maximum Gasteiger partial charge on any atom is 0.251 e. The van der Waals surface area contributed by atoms with Crippen LogP contribution in [-0.4, -0.2) is 18.4 Å². The van der Waals surface area contributed by atoms with Gasteiger partial charge < -0.3 is 10.6 Å². The van der Waals surface area contributed by atoms with Crippen LogP contribution in [0.25, 0.3) is 0 Å². The third-order valence-corrected chi connectivity index (χ3v) is 3.61. The van der Waals surface area contributed by atoms with Crippen molar-refractivity contribution < 1.29 is 9.59 Å². The molecule has 0 aliphatic heterocycles. The number of benzene rings is 2. The fraction of sp³-hybridized carbons (Fsp3) is 0.263. The summed E-state index contributed by atoms with van der Waals surface area (Å²) >= 11 is 0. The summed E-state index contributed by atoms with van der Waals surface area (Å²) in [6.45, 7) is 4.47. The number of nitrogens with one attached hydrogen (secondary N) is 2. The summed E-state index contributed by atoms with van der Waals surface area (Å²) in [5.74, 6) is -0.0570. The Morgan fingerprint density at radius 3 is 2.48 bits per heavy atom. The molecule has 0 bridgehead atoms. The first kappa shape index (κ1) is 16.7. The van der Waals surface area contributed by atoms with E-state index in [0.29, 0.717) is 24.2 Å². The van der Waals surface area contributed by atoms with Gasteiger partial charge in [0.25, 0.3) is 5.91 Å². The molecule has 1 unspecified atom stereocenters. The molecule has 0 fully saturated rings. The molecule has 23 heavy (non-hydrogen) atoms. The van der Waals surface area contributed by atoms with Gasteiger partial charge in [0.05, 0.1) is 0 Å². The Morgan fingerprint density at radius 1 is 1.04 bits per heavy atom. The van der Waals surface area contributed by atoms with Gasteiger partial charge in [0.1, 0.15) is 0 Å². The van der Waals surface area contributed by atoms with Crippen molar-refractivity contribution in [2.24, 2.45) is 0 Å². The first-order valence-electron chi connectivity index (χ1n) is 7.83. The van der Waals surface area contributed by atoms with E-state index in [9.17, 15) is 9.59 Å². The van der Waals surface area contributed by atoms with Crippen LogP contribution in [0.2, 0.25) is 0 Å². The van der Waals surface area contributed by atoms with Crippen molar-refractivity contribution in [2.75, 3.05) is 11.9 Å². The van der Waals surface area contributed by atoms with Gasteiger partial charge in [0, 0.05) is 24.2 Å². The molecule has 0 saturated carbocycles. The van der Waals surface area contributed by atoms with E-state index < -0.39 is 0 Å². The lowest BCUT2D eigenvalue weighted by atomic mass is 9.97. The largest absolute Gasteiger partial charge is 0.352 e. The van der Waals surface area contributed by atoms with Crippen molar-refractivity contribution in [2.45, 2.75) is 26.2 Å². The molecule has 2 aromatic rings. The third-order valence-electron chi connectivity index (χ3n) is 3.61. The number of hydrogen-bond donors (Lipinski definition) is 2. The molecule has 2 aromatic carbocycles. The minimum absolute atomic E-state index is 0.0607. The van der Waals surface area contributed by atoms with Gasteiger partial charge in [-0.15, -0.1) is 0 Å². The number of hydrogen-bond acceptors (Lipinski definition) is 2. The van der Waals surface area contributed by atoms with Crippen LogP contribution in [0.1, 0.15) is 42.1 Å². The molecule has 120 valence electrons. The normalized spacial score (nSPS) is 11.6. The molecule has 0 saturated heterocycles. The van der Waals surface area contributed by atoms with Gasteiger partial charge in [0.2, 0.25) is 5.91 Å². The van der Waals surface area contributed by atoms with Crippen LogP contribution in [0.3, 0.4) is 0 Å². The molecule has 4 nitrogen and oxygen atoms in total. The van der Waals surface area contributed by atoms with E-state index in [2.05, 4.69) is 10.6 Å². The molecule has 4 heteroatoms. The Kier molecular flexibility index (Phi) is 5.92. The molecule has 2 amide bonds. The minimum atomic E-state index is -0.138. The lowest BCUT2D eigenvalue weighted by Crippen LogP contribution is -2.22. The zero-order valence-corrected chi connectivity index (χ0v) is 13.5. The zero-order valence-electron chi connectivity index (χ0n) is 13.5. The third kappa shape index (κ3) is 4.95. The molecular weight excluding hydrogens is 288 g/mol. The second-order valence-corrected chi connectivity index (χ2v) is 5.50. The molecule has 2 N–H and O–H groups in total. The van der Waals surface area contributed by atoms with E-state index in [1.54, 1.807) is 24.3 Å². The van der Waals surface area contributed by atoms with E-state index in [1.807, 2.05) is 44.2 Å². The van der Waals surface area contributed by atoms with Crippen LogP contribution in [0.4, 0.5) is 5.69 Å². The SMILES string of the molecule is CCNC(=O)c1cccc(NC(=O)CC(C)c2ccccc2)c1. The lowest BCUT2D eigenvalue weighted by molar-refractivity contribution is -0.116. The van der Waals surface area contributed by atoms with E-state index >= 15 is 0 Å². The summed E-state index contributed by atoms with van der Waals surface area (Å²) < 4.78 is 0. The maximum absolute atomic E-state index is 12.2. The van der Waals surface area contributed by atoms with Crippen LogP contribution < -0.4 is 10.6 Å². The van der Waals surface area contributed by atoms with Crippen LogP contribution in [-0.2, 0) is 4.79 Å². The molecule has 0 aromatic heterocycles. The van der Waals surface area contributed by atoms with Gasteiger partial charge >= 0.3 is 0 Å². The summed E-state index contributed by atoms with van der Waals surface area (Å²) in [7, 11) is 0. The second kappa shape index (κ2) is 8.13. The average Bonchev–Trinajstić information content (AvgIpc) is 2.56. The fourth-order valence-electron chi connectivity index (χ4n) is 2.39. The molecule has 0 heterocycles. The number of rotatable bonds is 6. The van der Waals surface area contributed by atoms with E-state index in [0.717, 1.165) is 5.56 Å². The van der Waals surface area contributed by atoms with Crippen molar-refractivity contribution >= 4 is 17.5 Å². The van der Waals surface area contributed by atoms with Crippen molar-refractivity contribution in [1.82, 2.24) is 5.32 Å². The molecule has 0 aliphatic rings. The standard InChI is InChI=1S/C19H22N2O2/c1-3-20-19(23)16-10-7-11-17(13-16)21-18(22)12-14(2)15-8-5-4-6-9-15/h4-11,13-14H,3,12H2,1-2H3,(H,20,23)(H,21,22). The summed E-state index contributed by atoms with van der Waals surface area (Å²) in [5.41, 5.74) is 2.32. The Hall–Kier alpha value is -2.62. The van der Waals surface area contributed by atoms with E-state index in [-0.39, 0.29) is 17.7 Å². The predicted octanol–water partition coefficient (Wildman–Crippen LogP) is 3.57. The smallest absolute Gasteiger partial charge is 0.251 e. The quantitative estimate of drug-likeness (QED) is 0.857. The van der Waals surface area contributed by atoms with Crippen molar-refractivity contribution in [3.63, 3.8) is 0 Å². The highest BCUT2D eigenvalue weighted by molar-refractivity contribution is 5.97. The second-order valence-electron chi connectivity index (χ2n) is 5.50.